The van der Waals surface area contributed by atoms with E-state index in [0.29, 0.717) is 29.6 Å². The highest BCUT2D eigenvalue weighted by Gasteiger charge is 2.20. The number of rotatable bonds is 9. The van der Waals surface area contributed by atoms with Gasteiger partial charge in [0.25, 0.3) is 0 Å². The molecule has 0 unspecified atom stereocenters. The summed E-state index contributed by atoms with van der Waals surface area (Å²) in [6.45, 7) is 5.96. The van der Waals surface area contributed by atoms with Gasteiger partial charge in [0.1, 0.15) is 6.61 Å². The second-order valence-electron chi connectivity index (χ2n) is 7.71. The highest BCUT2D eigenvalue weighted by molar-refractivity contribution is 6.00. The lowest BCUT2D eigenvalue weighted by atomic mass is 9.95. The molecular weight excluding hydrogens is 416 g/mol. The van der Waals surface area contributed by atoms with Gasteiger partial charge in [0.05, 0.1) is 4.92 Å². The molecular formula is C27H28N2O4. The maximum atomic E-state index is 11.8. The van der Waals surface area contributed by atoms with Gasteiger partial charge in [-0.3, -0.25) is 14.9 Å². The largest absolute Gasteiger partial charge is 0.482 e. The van der Waals surface area contributed by atoms with Crippen LogP contribution >= 0.6 is 0 Å². The Balaban J connectivity index is 1.93. The van der Waals surface area contributed by atoms with E-state index >= 15 is 0 Å². The third kappa shape index (κ3) is 5.29. The number of carbonyl (C=O) groups is 1. The first kappa shape index (κ1) is 23.7. The Morgan fingerprint density at radius 2 is 1.73 bits per heavy atom. The lowest BCUT2D eigenvalue weighted by Crippen LogP contribution is -2.15. The number of primary amides is 1. The fourth-order valence-corrected chi connectivity index (χ4v) is 4.02. The van der Waals surface area contributed by atoms with Crippen LogP contribution in [0.3, 0.4) is 0 Å². The van der Waals surface area contributed by atoms with Crippen LogP contribution in [0.5, 0.6) is 5.75 Å². The van der Waals surface area contributed by atoms with Crippen molar-refractivity contribution in [2.75, 3.05) is 0 Å². The molecule has 0 radical (unpaired) electrons. The average Bonchev–Trinajstić information content (AvgIpc) is 2.82. The first-order chi connectivity index (χ1) is 15.9. The van der Waals surface area contributed by atoms with Crippen LogP contribution in [-0.4, -0.2) is 10.8 Å². The predicted octanol–water partition coefficient (Wildman–Crippen LogP) is 6.21. The first-order valence-corrected chi connectivity index (χ1v) is 10.9. The molecule has 33 heavy (non-hydrogen) atoms. The van der Waals surface area contributed by atoms with E-state index in [0.717, 1.165) is 22.3 Å². The summed E-state index contributed by atoms with van der Waals surface area (Å²) in [5, 5.41) is 11.8. The number of hydrogen-bond acceptors (Lipinski definition) is 4. The number of hydrogen-bond donors (Lipinski definition) is 1. The third-order valence-corrected chi connectivity index (χ3v) is 5.79. The van der Waals surface area contributed by atoms with E-state index in [1.54, 1.807) is 12.1 Å². The van der Waals surface area contributed by atoms with Crippen molar-refractivity contribution in [2.24, 2.45) is 5.73 Å². The highest BCUT2D eigenvalue weighted by Crippen LogP contribution is 2.34. The number of benzene rings is 3. The highest BCUT2D eigenvalue weighted by atomic mass is 16.6. The number of ether oxygens (including phenoxy) is 1. The van der Waals surface area contributed by atoms with Gasteiger partial charge in [0.2, 0.25) is 5.91 Å². The smallest absolute Gasteiger partial charge is 0.311 e. The SMILES string of the molecule is CCC(C(N)=O)=C(CC)c1ccc(OCc2cccc(-c3ccccc3)c2C)c([N+](=O)[O-])c1. The zero-order valence-corrected chi connectivity index (χ0v) is 19.1. The van der Waals surface area contributed by atoms with Crippen molar-refractivity contribution in [2.45, 2.75) is 40.2 Å². The molecule has 0 aliphatic heterocycles. The van der Waals surface area contributed by atoms with Gasteiger partial charge in [0, 0.05) is 11.6 Å². The van der Waals surface area contributed by atoms with Crippen LogP contribution in [0, 0.1) is 17.0 Å². The number of carbonyl (C=O) groups excluding carboxylic acids is 1. The van der Waals surface area contributed by atoms with Gasteiger partial charge < -0.3 is 10.5 Å². The molecule has 0 spiro atoms. The van der Waals surface area contributed by atoms with Gasteiger partial charge in [-0.05, 0) is 59.2 Å². The van der Waals surface area contributed by atoms with Crippen LogP contribution < -0.4 is 10.5 Å². The van der Waals surface area contributed by atoms with E-state index in [9.17, 15) is 14.9 Å². The summed E-state index contributed by atoms with van der Waals surface area (Å²) < 4.78 is 5.91. The molecule has 0 fully saturated rings. The van der Waals surface area contributed by atoms with Crippen molar-refractivity contribution in [3.05, 3.63) is 99.1 Å². The van der Waals surface area contributed by atoms with Crippen molar-refractivity contribution in [3.63, 3.8) is 0 Å². The van der Waals surface area contributed by atoms with E-state index in [4.69, 9.17) is 10.5 Å². The molecule has 3 aromatic carbocycles. The molecule has 0 heterocycles. The fraction of sp³-hybridized carbons (Fsp3) is 0.222. The predicted molar refractivity (Wildman–Crippen MR) is 131 cm³/mol. The van der Waals surface area contributed by atoms with Crippen LogP contribution in [0.2, 0.25) is 0 Å². The Kier molecular flexibility index (Phi) is 7.61. The van der Waals surface area contributed by atoms with Gasteiger partial charge >= 0.3 is 5.69 Å². The summed E-state index contributed by atoms with van der Waals surface area (Å²) >= 11 is 0. The summed E-state index contributed by atoms with van der Waals surface area (Å²) in [5.74, 6) is -0.327. The van der Waals surface area contributed by atoms with Crippen molar-refractivity contribution in [1.82, 2.24) is 0 Å². The Labute approximate surface area is 193 Å². The number of nitro benzene ring substituents is 1. The molecule has 0 aliphatic carbocycles. The minimum atomic E-state index is -0.508. The molecule has 3 rings (SSSR count). The molecule has 0 aliphatic rings. The van der Waals surface area contributed by atoms with E-state index in [1.807, 2.05) is 69.3 Å². The van der Waals surface area contributed by atoms with Crippen molar-refractivity contribution in [1.29, 1.82) is 0 Å². The maximum Gasteiger partial charge on any atom is 0.311 e. The van der Waals surface area contributed by atoms with Crippen molar-refractivity contribution >= 4 is 17.2 Å². The Bertz CT molecular complexity index is 1200. The van der Waals surface area contributed by atoms with Crippen molar-refractivity contribution < 1.29 is 14.5 Å². The molecule has 0 saturated heterocycles. The molecule has 170 valence electrons. The molecule has 0 atom stereocenters. The number of allylic oxidation sites excluding steroid dienone is 1. The minimum absolute atomic E-state index is 0.143. The summed E-state index contributed by atoms with van der Waals surface area (Å²) in [6, 6.07) is 20.8. The van der Waals surface area contributed by atoms with Crippen molar-refractivity contribution in [3.8, 4) is 16.9 Å². The lowest BCUT2D eigenvalue weighted by molar-refractivity contribution is -0.386. The number of nitrogens with two attached hydrogens (primary N) is 1. The van der Waals surface area contributed by atoms with E-state index in [-0.39, 0.29) is 18.0 Å². The average molecular weight is 445 g/mol. The monoisotopic (exact) mass is 444 g/mol. The second-order valence-corrected chi connectivity index (χ2v) is 7.71. The summed E-state index contributed by atoms with van der Waals surface area (Å²) in [6.07, 6.45) is 0.997. The molecule has 6 nitrogen and oxygen atoms in total. The lowest BCUT2D eigenvalue weighted by Gasteiger charge is -2.14. The molecule has 0 bridgehead atoms. The summed E-state index contributed by atoms with van der Waals surface area (Å²) in [7, 11) is 0. The Hall–Kier alpha value is -3.93. The van der Waals surface area contributed by atoms with E-state index < -0.39 is 10.8 Å². The van der Waals surface area contributed by atoms with Crippen LogP contribution in [0.4, 0.5) is 5.69 Å². The summed E-state index contributed by atoms with van der Waals surface area (Å²) in [4.78, 5) is 23.1. The quantitative estimate of drug-likeness (QED) is 0.241. The van der Waals surface area contributed by atoms with Gasteiger partial charge in [-0.1, -0.05) is 68.4 Å². The normalized spacial score (nSPS) is 11.6. The van der Waals surface area contributed by atoms with Crippen LogP contribution in [0.15, 0.2) is 72.3 Å². The minimum Gasteiger partial charge on any atom is -0.482 e. The zero-order valence-electron chi connectivity index (χ0n) is 19.1. The summed E-state index contributed by atoms with van der Waals surface area (Å²) in [5.41, 5.74) is 11.4. The zero-order chi connectivity index (χ0) is 24.0. The maximum absolute atomic E-state index is 11.8. The molecule has 0 saturated carbocycles. The number of nitrogens with zero attached hydrogens (tertiary/aromatic N) is 1. The standard InChI is InChI=1S/C27H28N2O4/c1-4-22(23(5-2)27(28)30)20-14-15-26(25(16-20)29(31)32)33-17-21-12-9-13-24(18(21)3)19-10-7-6-8-11-19/h6-16H,4-5,17H2,1-3H3,(H2,28,30). The third-order valence-electron chi connectivity index (χ3n) is 5.79. The number of nitro groups is 1. The molecule has 6 heteroatoms. The van der Waals surface area contributed by atoms with Gasteiger partial charge in [0.15, 0.2) is 5.75 Å². The second kappa shape index (κ2) is 10.6. The topological polar surface area (TPSA) is 95.5 Å². The molecule has 1 amide bonds. The Morgan fingerprint density at radius 1 is 1.00 bits per heavy atom. The molecule has 0 aromatic heterocycles. The van der Waals surface area contributed by atoms with Gasteiger partial charge in [-0.25, -0.2) is 0 Å². The van der Waals surface area contributed by atoms with Crippen LogP contribution in [0.1, 0.15) is 43.4 Å². The van der Waals surface area contributed by atoms with E-state index in [1.165, 1.54) is 6.07 Å². The van der Waals surface area contributed by atoms with Crippen LogP contribution in [0.25, 0.3) is 16.7 Å². The van der Waals surface area contributed by atoms with Gasteiger partial charge in [-0.2, -0.15) is 0 Å². The molecule has 2 N–H and O–H groups in total. The Morgan fingerprint density at radius 3 is 2.33 bits per heavy atom. The van der Waals surface area contributed by atoms with Gasteiger partial charge in [-0.15, -0.1) is 0 Å². The molecule has 3 aromatic rings. The van der Waals surface area contributed by atoms with E-state index in [2.05, 4.69) is 0 Å². The number of amides is 1. The first-order valence-electron chi connectivity index (χ1n) is 10.9. The fourth-order valence-electron chi connectivity index (χ4n) is 4.02. The van der Waals surface area contributed by atoms with Crippen LogP contribution in [-0.2, 0) is 11.4 Å².